The lowest BCUT2D eigenvalue weighted by atomic mass is 9.96. The second-order valence-corrected chi connectivity index (χ2v) is 11.7. The van der Waals surface area contributed by atoms with E-state index in [-0.39, 0.29) is 11.8 Å². The summed E-state index contributed by atoms with van der Waals surface area (Å²) in [7, 11) is -3.50. The molecule has 4 rings (SSSR count). The van der Waals surface area contributed by atoms with Crippen molar-refractivity contribution < 1.29 is 13.2 Å². The smallest absolute Gasteiger partial charge is 0.243 e. The van der Waals surface area contributed by atoms with E-state index < -0.39 is 10.0 Å². The molecule has 3 heterocycles. The van der Waals surface area contributed by atoms with Crippen molar-refractivity contribution in [2.24, 2.45) is 5.92 Å². The lowest BCUT2D eigenvalue weighted by molar-refractivity contribution is -0.137. The lowest BCUT2D eigenvalue weighted by Gasteiger charge is -2.35. The van der Waals surface area contributed by atoms with Gasteiger partial charge in [-0.05, 0) is 75.2 Å². The summed E-state index contributed by atoms with van der Waals surface area (Å²) in [6.07, 6.45) is 5.97. The topological polar surface area (TPSA) is 60.9 Å². The quantitative estimate of drug-likeness (QED) is 0.671. The van der Waals surface area contributed by atoms with E-state index in [0.29, 0.717) is 42.8 Å². The van der Waals surface area contributed by atoms with E-state index in [1.54, 1.807) is 16.4 Å². The van der Waals surface area contributed by atoms with Crippen LogP contribution in [0, 0.1) is 5.92 Å². The molecular formula is C24H37N3O3S. The highest BCUT2D eigenvalue weighted by Crippen LogP contribution is 2.29. The van der Waals surface area contributed by atoms with Crippen LogP contribution in [0.3, 0.4) is 0 Å². The Labute approximate surface area is 187 Å². The number of piperidine rings is 1. The Kier molecular flexibility index (Phi) is 7.04. The zero-order valence-corrected chi connectivity index (χ0v) is 19.8. The van der Waals surface area contributed by atoms with E-state index in [1.165, 1.54) is 12.8 Å². The number of amides is 1. The van der Waals surface area contributed by atoms with Gasteiger partial charge in [0.25, 0.3) is 0 Å². The van der Waals surface area contributed by atoms with Gasteiger partial charge in [-0.1, -0.05) is 26.0 Å². The van der Waals surface area contributed by atoms with Crippen molar-refractivity contribution in [3.8, 4) is 0 Å². The summed E-state index contributed by atoms with van der Waals surface area (Å²) in [6.45, 7) is 9.23. The van der Waals surface area contributed by atoms with Gasteiger partial charge in [0.2, 0.25) is 15.9 Å². The predicted molar refractivity (Wildman–Crippen MR) is 122 cm³/mol. The summed E-state index contributed by atoms with van der Waals surface area (Å²) in [6, 6.07) is 7.58. The van der Waals surface area contributed by atoms with Gasteiger partial charge >= 0.3 is 0 Å². The van der Waals surface area contributed by atoms with Crippen LogP contribution < -0.4 is 0 Å². The minimum atomic E-state index is -3.50. The first kappa shape index (κ1) is 22.7. The van der Waals surface area contributed by atoms with Crippen molar-refractivity contribution in [2.75, 3.05) is 39.3 Å². The monoisotopic (exact) mass is 447 g/mol. The molecule has 1 amide bonds. The third kappa shape index (κ3) is 4.99. The molecule has 31 heavy (non-hydrogen) atoms. The minimum Gasteiger partial charge on any atom is -0.338 e. The van der Waals surface area contributed by atoms with Gasteiger partial charge in [0.1, 0.15) is 0 Å². The number of hydrogen-bond acceptors (Lipinski definition) is 4. The van der Waals surface area contributed by atoms with Crippen LogP contribution >= 0.6 is 0 Å². The van der Waals surface area contributed by atoms with Crippen molar-refractivity contribution in [1.29, 1.82) is 0 Å². The number of carbonyl (C=O) groups excluding carboxylic acids is 1. The molecule has 3 aliphatic rings. The van der Waals surface area contributed by atoms with Crippen molar-refractivity contribution in [3.05, 3.63) is 29.8 Å². The largest absolute Gasteiger partial charge is 0.338 e. The zero-order chi connectivity index (χ0) is 22.0. The molecule has 1 aromatic rings. The van der Waals surface area contributed by atoms with Crippen molar-refractivity contribution in [3.63, 3.8) is 0 Å². The fourth-order valence-corrected chi connectivity index (χ4v) is 6.80. The average Bonchev–Trinajstić information content (AvgIpc) is 3.46. The minimum absolute atomic E-state index is 0.0473. The Balaban J connectivity index is 1.34. The molecule has 0 aromatic heterocycles. The molecule has 0 saturated carbocycles. The molecule has 7 heteroatoms. The molecule has 3 aliphatic heterocycles. The normalized spacial score (nSPS) is 24.4. The first-order chi connectivity index (χ1) is 14.9. The first-order valence-electron chi connectivity index (χ1n) is 12.0. The summed E-state index contributed by atoms with van der Waals surface area (Å²) in [4.78, 5) is 18.2. The van der Waals surface area contributed by atoms with Gasteiger partial charge in [0, 0.05) is 38.1 Å². The maximum absolute atomic E-state index is 13.3. The Morgan fingerprint density at radius 1 is 0.935 bits per heavy atom. The van der Waals surface area contributed by atoms with Gasteiger partial charge in [-0.3, -0.25) is 4.79 Å². The number of sulfonamides is 1. The van der Waals surface area contributed by atoms with Gasteiger partial charge in [-0.25, -0.2) is 8.42 Å². The highest BCUT2D eigenvalue weighted by molar-refractivity contribution is 7.89. The van der Waals surface area contributed by atoms with E-state index in [0.717, 1.165) is 44.6 Å². The molecule has 1 aromatic carbocycles. The zero-order valence-electron chi connectivity index (χ0n) is 19.0. The van der Waals surface area contributed by atoms with Gasteiger partial charge in [-0.15, -0.1) is 0 Å². The molecule has 1 unspecified atom stereocenters. The van der Waals surface area contributed by atoms with Crippen LogP contribution in [-0.2, 0) is 14.8 Å². The number of hydrogen-bond donors (Lipinski definition) is 0. The van der Waals surface area contributed by atoms with E-state index in [9.17, 15) is 13.2 Å². The summed E-state index contributed by atoms with van der Waals surface area (Å²) in [5.74, 6) is 0.576. The lowest BCUT2D eigenvalue weighted by Crippen LogP contribution is -2.48. The van der Waals surface area contributed by atoms with E-state index >= 15 is 0 Å². The maximum atomic E-state index is 13.3. The standard InChI is InChI=1S/C24H37N3O3S/c1-19(2)20-7-9-23(10-8-20)31(29,30)26-16-11-21(12-17-26)24(28)27-15-5-6-22(27)18-25-13-3-4-14-25/h7-10,19,21-22H,3-6,11-18H2,1-2H3. The van der Waals surface area contributed by atoms with Crippen molar-refractivity contribution in [2.45, 2.75) is 69.2 Å². The highest BCUT2D eigenvalue weighted by Gasteiger charge is 2.37. The van der Waals surface area contributed by atoms with Crippen LogP contribution in [0.15, 0.2) is 29.2 Å². The first-order valence-corrected chi connectivity index (χ1v) is 13.4. The number of likely N-dealkylation sites (tertiary alicyclic amines) is 2. The van der Waals surface area contributed by atoms with E-state index in [4.69, 9.17) is 0 Å². The third-order valence-electron chi connectivity index (χ3n) is 7.32. The van der Waals surface area contributed by atoms with Gasteiger partial charge in [-0.2, -0.15) is 4.31 Å². The molecular weight excluding hydrogens is 410 g/mol. The number of carbonyl (C=O) groups is 1. The molecule has 3 saturated heterocycles. The van der Waals surface area contributed by atoms with Crippen LogP contribution in [0.2, 0.25) is 0 Å². The van der Waals surface area contributed by atoms with E-state index in [2.05, 4.69) is 23.6 Å². The molecule has 0 N–H and O–H groups in total. The Morgan fingerprint density at radius 3 is 2.19 bits per heavy atom. The van der Waals surface area contributed by atoms with Crippen molar-refractivity contribution >= 4 is 15.9 Å². The Hall–Kier alpha value is -1.44. The molecule has 0 aliphatic carbocycles. The number of rotatable bonds is 6. The fourth-order valence-electron chi connectivity index (χ4n) is 5.33. The molecule has 0 spiro atoms. The average molecular weight is 448 g/mol. The second-order valence-electron chi connectivity index (χ2n) is 9.74. The molecule has 3 fully saturated rings. The fraction of sp³-hybridized carbons (Fsp3) is 0.708. The summed E-state index contributed by atoms with van der Waals surface area (Å²) >= 11 is 0. The van der Waals surface area contributed by atoms with Crippen LogP contribution in [0.5, 0.6) is 0 Å². The van der Waals surface area contributed by atoms with Crippen LogP contribution in [-0.4, -0.2) is 73.7 Å². The molecule has 0 radical (unpaired) electrons. The van der Waals surface area contributed by atoms with Crippen LogP contribution in [0.25, 0.3) is 0 Å². The molecule has 172 valence electrons. The molecule has 6 nitrogen and oxygen atoms in total. The van der Waals surface area contributed by atoms with E-state index in [1.807, 2.05) is 12.1 Å². The second kappa shape index (κ2) is 9.59. The van der Waals surface area contributed by atoms with Crippen LogP contribution in [0.4, 0.5) is 0 Å². The number of benzene rings is 1. The highest BCUT2D eigenvalue weighted by atomic mass is 32.2. The summed E-state index contributed by atoms with van der Waals surface area (Å²) < 4.78 is 27.7. The van der Waals surface area contributed by atoms with Gasteiger partial charge in [0.05, 0.1) is 4.90 Å². The van der Waals surface area contributed by atoms with Crippen molar-refractivity contribution in [1.82, 2.24) is 14.1 Å². The third-order valence-corrected chi connectivity index (χ3v) is 9.23. The Bertz CT molecular complexity index is 855. The van der Waals surface area contributed by atoms with Gasteiger partial charge in [0.15, 0.2) is 0 Å². The maximum Gasteiger partial charge on any atom is 0.243 e. The predicted octanol–water partition coefficient (Wildman–Crippen LogP) is 3.30. The summed E-state index contributed by atoms with van der Waals surface area (Å²) in [5, 5.41) is 0. The SMILES string of the molecule is CC(C)c1ccc(S(=O)(=O)N2CCC(C(=O)N3CCCC3CN3CCCC3)CC2)cc1. The van der Waals surface area contributed by atoms with Gasteiger partial charge < -0.3 is 9.80 Å². The van der Waals surface area contributed by atoms with Crippen LogP contribution in [0.1, 0.15) is 63.9 Å². The summed E-state index contributed by atoms with van der Waals surface area (Å²) in [5.41, 5.74) is 1.14. The Morgan fingerprint density at radius 2 is 1.58 bits per heavy atom. The number of nitrogens with zero attached hydrogens (tertiary/aromatic N) is 3. The molecule has 0 bridgehead atoms. The molecule has 1 atom stereocenters.